The Bertz CT molecular complexity index is 665. The standard InChI is InChI=1S/C23H38N4O3/c1-5-24-21(26-16-20(17-28)19-9-7-6-8-10-19)25-15-18-11-13-27(14-12-18)22(29)30-23(2,3)4/h6-10,18,20,28H,5,11-17H2,1-4H3,(H2,24,25,26). The van der Waals surface area contributed by atoms with Crippen LogP contribution in [0.25, 0.3) is 0 Å². The minimum absolute atomic E-state index is 0.0151. The van der Waals surface area contributed by atoms with Crippen molar-refractivity contribution in [2.75, 3.05) is 39.3 Å². The second kappa shape index (κ2) is 11.8. The topological polar surface area (TPSA) is 86.2 Å². The van der Waals surface area contributed by atoms with Crippen molar-refractivity contribution < 1.29 is 14.6 Å². The van der Waals surface area contributed by atoms with Gasteiger partial charge in [-0.15, -0.1) is 0 Å². The average Bonchev–Trinajstić information content (AvgIpc) is 2.72. The molecule has 0 spiro atoms. The summed E-state index contributed by atoms with van der Waals surface area (Å²) in [7, 11) is 0. The van der Waals surface area contributed by atoms with Crippen LogP contribution in [0.15, 0.2) is 35.3 Å². The molecule has 1 unspecified atom stereocenters. The fraction of sp³-hybridized carbons (Fsp3) is 0.652. The highest BCUT2D eigenvalue weighted by atomic mass is 16.6. The number of carbonyl (C=O) groups is 1. The lowest BCUT2D eigenvalue weighted by Crippen LogP contribution is -2.45. The second-order valence-corrected chi connectivity index (χ2v) is 8.80. The molecule has 168 valence electrons. The van der Waals surface area contributed by atoms with Gasteiger partial charge in [-0.05, 0) is 52.0 Å². The molecule has 1 atom stereocenters. The van der Waals surface area contributed by atoms with E-state index in [9.17, 15) is 9.90 Å². The summed E-state index contributed by atoms with van der Waals surface area (Å²) < 4.78 is 5.47. The zero-order valence-corrected chi connectivity index (χ0v) is 18.9. The van der Waals surface area contributed by atoms with E-state index >= 15 is 0 Å². The molecule has 0 aromatic heterocycles. The molecule has 3 N–H and O–H groups in total. The average molecular weight is 419 g/mol. The van der Waals surface area contributed by atoms with E-state index in [4.69, 9.17) is 4.74 Å². The molecule has 1 aliphatic rings. The number of nitrogens with one attached hydrogen (secondary N) is 2. The number of amides is 1. The van der Waals surface area contributed by atoms with Crippen LogP contribution < -0.4 is 10.6 Å². The number of piperidine rings is 1. The molecule has 2 rings (SSSR count). The van der Waals surface area contributed by atoms with Crippen LogP contribution in [0, 0.1) is 5.92 Å². The zero-order chi connectivity index (χ0) is 22.0. The first-order valence-electron chi connectivity index (χ1n) is 11.0. The molecule has 1 aromatic rings. The van der Waals surface area contributed by atoms with E-state index in [0.717, 1.165) is 50.5 Å². The third kappa shape index (κ3) is 8.22. The summed E-state index contributed by atoms with van der Waals surface area (Å²) in [6.45, 7) is 11.3. The number of benzene rings is 1. The summed E-state index contributed by atoms with van der Waals surface area (Å²) in [5, 5.41) is 16.4. The molecule has 0 radical (unpaired) electrons. The Kier molecular flexibility index (Phi) is 9.43. The predicted octanol–water partition coefficient (Wildman–Crippen LogP) is 2.96. The van der Waals surface area contributed by atoms with Crippen LogP contribution in [0.2, 0.25) is 0 Å². The molecule has 30 heavy (non-hydrogen) atoms. The Morgan fingerprint density at radius 1 is 1.23 bits per heavy atom. The van der Waals surface area contributed by atoms with E-state index < -0.39 is 5.60 Å². The van der Waals surface area contributed by atoms with Gasteiger partial charge in [-0.25, -0.2) is 4.79 Å². The number of carbonyl (C=O) groups excluding carboxylic acids is 1. The first kappa shape index (κ1) is 24.0. The summed E-state index contributed by atoms with van der Waals surface area (Å²) in [6, 6.07) is 9.98. The number of ether oxygens (including phenoxy) is 1. The largest absolute Gasteiger partial charge is 0.444 e. The molecule has 7 heteroatoms. The number of hydrogen-bond donors (Lipinski definition) is 3. The molecule has 1 heterocycles. The van der Waals surface area contributed by atoms with Gasteiger partial charge in [0.25, 0.3) is 0 Å². The molecular weight excluding hydrogens is 380 g/mol. The molecule has 1 aromatic carbocycles. The quantitative estimate of drug-likeness (QED) is 0.468. The Morgan fingerprint density at radius 3 is 2.47 bits per heavy atom. The van der Waals surface area contributed by atoms with Crippen molar-refractivity contribution in [3.8, 4) is 0 Å². The van der Waals surface area contributed by atoms with E-state index in [0.29, 0.717) is 12.5 Å². The van der Waals surface area contributed by atoms with Gasteiger partial charge in [-0.3, -0.25) is 4.99 Å². The molecule has 0 saturated carbocycles. The summed E-state index contributed by atoms with van der Waals surface area (Å²) in [4.78, 5) is 18.7. The van der Waals surface area contributed by atoms with E-state index in [-0.39, 0.29) is 18.6 Å². The van der Waals surface area contributed by atoms with Gasteiger partial charge < -0.3 is 25.4 Å². The number of aliphatic imine (C=N–C) groups is 1. The van der Waals surface area contributed by atoms with Gasteiger partial charge in [0, 0.05) is 32.1 Å². The molecule has 0 bridgehead atoms. The van der Waals surface area contributed by atoms with Crippen molar-refractivity contribution in [2.45, 2.75) is 52.1 Å². The SMILES string of the molecule is CCNC(=NCC(CO)c1ccccc1)NCC1CCN(C(=O)OC(C)(C)C)CC1. The van der Waals surface area contributed by atoms with E-state index in [1.54, 1.807) is 4.90 Å². The highest BCUT2D eigenvalue weighted by molar-refractivity contribution is 5.79. The summed E-state index contributed by atoms with van der Waals surface area (Å²) in [5.41, 5.74) is 0.632. The van der Waals surface area contributed by atoms with Crippen molar-refractivity contribution in [3.63, 3.8) is 0 Å². The summed E-state index contributed by atoms with van der Waals surface area (Å²) in [6.07, 6.45) is 1.66. The fourth-order valence-electron chi connectivity index (χ4n) is 3.42. The number of aliphatic hydroxyl groups is 1. The number of likely N-dealkylation sites (tertiary alicyclic amines) is 1. The second-order valence-electron chi connectivity index (χ2n) is 8.80. The fourth-order valence-corrected chi connectivity index (χ4v) is 3.42. The van der Waals surface area contributed by atoms with Crippen LogP contribution >= 0.6 is 0 Å². The zero-order valence-electron chi connectivity index (χ0n) is 18.9. The van der Waals surface area contributed by atoms with E-state index in [2.05, 4.69) is 15.6 Å². The first-order valence-corrected chi connectivity index (χ1v) is 11.0. The normalized spacial score (nSPS) is 16.8. The van der Waals surface area contributed by atoms with Crippen LogP contribution in [0.4, 0.5) is 4.79 Å². The Morgan fingerprint density at radius 2 is 1.90 bits per heavy atom. The highest BCUT2D eigenvalue weighted by Crippen LogP contribution is 2.19. The van der Waals surface area contributed by atoms with Gasteiger partial charge in [-0.2, -0.15) is 0 Å². The van der Waals surface area contributed by atoms with Crippen LogP contribution in [0.3, 0.4) is 0 Å². The Hall–Kier alpha value is -2.28. The van der Waals surface area contributed by atoms with Crippen LogP contribution in [-0.4, -0.2) is 67.0 Å². The van der Waals surface area contributed by atoms with Crippen LogP contribution in [-0.2, 0) is 4.74 Å². The maximum absolute atomic E-state index is 12.2. The molecule has 7 nitrogen and oxygen atoms in total. The molecule has 1 fully saturated rings. The number of guanidine groups is 1. The van der Waals surface area contributed by atoms with Crippen LogP contribution in [0.1, 0.15) is 52.0 Å². The highest BCUT2D eigenvalue weighted by Gasteiger charge is 2.26. The number of aliphatic hydroxyl groups excluding tert-OH is 1. The predicted molar refractivity (Wildman–Crippen MR) is 121 cm³/mol. The Labute approximate surface area is 180 Å². The lowest BCUT2D eigenvalue weighted by Gasteiger charge is -2.33. The number of nitrogens with zero attached hydrogens (tertiary/aromatic N) is 2. The number of hydrogen-bond acceptors (Lipinski definition) is 4. The van der Waals surface area contributed by atoms with E-state index in [1.165, 1.54) is 0 Å². The lowest BCUT2D eigenvalue weighted by molar-refractivity contribution is 0.0185. The maximum Gasteiger partial charge on any atom is 0.410 e. The maximum atomic E-state index is 12.2. The lowest BCUT2D eigenvalue weighted by atomic mass is 9.97. The monoisotopic (exact) mass is 418 g/mol. The van der Waals surface area contributed by atoms with Crippen LogP contribution in [0.5, 0.6) is 0 Å². The van der Waals surface area contributed by atoms with Gasteiger partial charge in [-0.1, -0.05) is 30.3 Å². The van der Waals surface area contributed by atoms with Crippen molar-refractivity contribution in [3.05, 3.63) is 35.9 Å². The van der Waals surface area contributed by atoms with Gasteiger partial charge in [0.05, 0.1) is 13.2 Å². The first-order chi connectivity index (χ1) is 14.3. The van der Waals surface area contributed by atoms with Crippen molar-refractivity contribution in [1.82, 2.24) is 15.5 Å². The minimum Gasteiger partial charge on any atom is -0.444 e. The molecule has 0 aliphatic carbocycles. The van der Waals surface area contributed by atoms with Crippen molar-refractivity contribution >= 4 is 12.1 Å². The van der Waals surface area contributed by atoms with Gasteiger partial charge in [0.1, 0.15) is 5.60 Å². The van der Waals surface area contributed by atoms with Gasteiger partial charge in [0.2, 0.25) is 0 Å². The van der Waals surface area contributed by atoms with Gasteiger partial charge >= 0.3 is 6.09 Å². The smallest absolute Gasteiger partial charge is 0.410 e. The van der Waals surface area contributed by atoms with Crippen molar-refractivity contribution in [2.24, 2.45) is 10.9 Å². The van der Waals surface area contributed by atoms with E-state index in [1.807, 2.05) is 58.0 Å². The van der Waals surface area contributed by atoms with Gasteiger partial charge in [0.15, 0.2) is 5.96 Å². The Balaban J connectivity index is 1.82. The molecule has 1 amide bonds. The van der Waals surface area contributed by atoms with Crippen molar-refractivity contribution in [1.29, 1.82) is 0 Å². The number of rotatable bonds is 7. The molecule has 1 saturated heterocycles. The third-order valence-electron chi connectivity index (χ3n) is 5.13. The molecule has 1 aliphatic heterocycles. The summed E-state index contributed by atoms with van der Waals surface area (Å²) in [5.74, 6) is 1.23. The third-order valence-corrected chi connectivity index (χ3v) is 5.13. The minimum atomic E-state index is -0.459. The summed E-state index contributed by atoms with van der Waals surface area (Å²) >= 11 is 0. The molecular formula is C23H38N4O3.